The number of nitrogens with zero attached hydrogens (tertiary/aromatic N) is 1. The Morgan fingerprint density at radius 1 is 1.43 bits per heavy atom. The molecule has 0 atom stereocenters. The fourth-order valence-electron chi connectivity index (χ4n) is 1.51. The fraction of sp³-hybridized carbons (Fsp3) is 0.273. The fourth-order valence-corrected chi connectivity index (χ4v) is 2.52. The topological polar surface area (TPSA) is 38.9 Å². The van der Waals surface area contributed by atoms with Crippen molar-refractivity contribution in [2.24, 2.45) is 0 Å². The summed E-state index contributed by atoms with van der Waals surface area (Å²) in [6, 6.07) is 6.10. The molecule has 0 aliphatic rings. The highest BCUT2D eigenvalue weighted by molar-refractivity contribution is 7.14. The zero-order valence-corrected chi connectivity index (χ0v) is 9.19. The van der Waals surface area contributed by atoms with Gasteiger partial charge in [-0.1, -0.05) is 26.0 Å². The van der Waals surface area contributed by atoms with Crippen LogP contribution in [0.5, 0.6) is 0 Å². The van der Waals surface area contributed by atoms with E-state index in [0.29, 0.717) is 5.82 Å². The molecule has 0 saturated carbocycles. The van der Waals surface area contributed by atoms with Crippen LogP contribution in [0.15, 0.2) is 18.2 Å². The second-order valence-corrected chi connectivity index (χ2v) is 4.91. The van der Waals surface area contributed by atoms with Gasteiger partial charge in [0.25, 0.3) is 0 Å². The minimum Gasteiger partial charge on any atom is -0.382 e. The van der Waals surface area contributed by atoms with Gasteiger partial charge < -0.3 is 5.73 Å². The Balaban J connectivity index is 2.79. The Bertz CT molecular complexity index is 466. The van der Waals surface area contributed by atoms with Gasteiger partial charge in [-0.25, -0.2) is 0 Å². The lowest BCUT2D eigenvalue weighted by Gasteiger charge is -2.19. The summed E-state index contributed by atoms with van der Waals surface area (Å²) >= 11 is 1.45. The van der Waals surface area contributed by atoms with Gasteiger partial charge >= 0.3 is 0 Å². The van der Waals surface area contributed by atoms with E-state index >= 15 is 0 Å². The normalized spacial score (nSPS) is 12.2. The van der Waals surface area contributed by atoms with Gasteiger partial charge in [-0.3, -0.25) is 0 Å². The zero-order chi connectivity index (χ0) is 10.3. The molecule has 1 heterocycles. The third-order valence-electron chi connectivity index (χ3n) is 2.26. The van der Waals surface area contributed by atoms with E-state index in [1.54, 1.807) is 0 Å². The summed E-state index contributed by atoms with van der Waals surface area (Å²) in [6.07, 6.45) is 0. The molecule has 1 aromatic carbocycles. The highest BCUT2D eigenvalue weighted by atomic mass is 32.1. The standard InChI is InChI=1S/C11H13N2S/c1-11(2,3)8-6-4-5-7-9(8)14-13-10(7)12/h4-6H,1H2,2-3H3,(H2,12,13). The largest absolute Gasteiger partial charge is 0.382 e. The van der Waals surface area contributed by atoms with E-state index in [9.17, 15) is 0 Å². The maximum Gasteiger partial charge on any atom is 0.144 e. The lowest BCUT2D eigenvalue weighted by Crippen LogP contribution is -2.11. The lowest BCUT2D eigenvalue weighted by molar-refractivity contribution is 0.673. The molecule has 2 N–H and O–H groups in total. The summed E-state index contributed by atoms with van der Waals surface area (Å²) in [7, 11) is 0. The second kappa shape index (κ2) is 2.95. The van der Waals surface area contributed by atoms with Crippen molar-refractivity contribution >= 4 is 27.4 Å². The van der Waals surface area contributed by atoms with Crippen LogP contribution in [-0.2, 0) is 5.41 Å². The molecular weight excluding hydrogens is 192 g/mol. The number of fused-ring (bicyclic) bond motifs is 1. The summed E-state index contributed by atoms with van der Waals surface area (Å²) in [5.74, 6) is 0.621. The maximum atomic E-state index is 5.77. The first-order valence-electron chi connectivity index (χ1n) is 4.50. The molecule has 2 rings (SSSR count). The van der Waals surface area contributed by atoms with Gasteiger partial charge in [0.05, 0.1) is 4.70 Å². The Hall–Kier alpha value is -1.09. The number of aromatic nitrogens is 1. The van der Waals surface area contributed by atoms with Gasteiger partial charge in [0, 0.05) is 5.39 Å². The Morgan fingerprint density at radius 2 is 2.14 bits per heavy atom. The molecular formula is C11H13N2S. The van der Waals surface area contributed by atoms with Gasteiger partial charge in [0.15, 0.2) is 0 Å². The van der Waals surface area contributed by atoms with Crippen molar-refractivity contribution in [3.63, 3.8) is 0 Å². The van der Waals surface area contributed by atoms with Gasteiger partial charge in [-0.15, -0.1) is 0 Å². The number of nitrogens with two attached hydrogens (primary N) is 1. The van der Waals surface area contributed by atoms with Gasteiger partial charge in [-0.2, -0.15) is 4.37 Å². The Morgan fingerprint density at radius 3 is 2.79 bits per heavy atom. The van der Waals surface area contributed by atoms with Crippen molar-refractivity contribution in [3.05, 3.63) is 30.7 Å². The highest BCUT2D eigenvalue weighted by Gasteiger charge is 2.18. The molecule has 0 bridgehead atoms. The van der Waals surface area contributed by atoms with E-state index in [2.05, 4.69) is 31.2 Å². The van der Waals surface area contributed by atoms with Crippen LogP contribution >= 0.6 is 11.5 Å². The monoisotopic (exact) mass is 205 g/mol. The van der Waals surface area contributed by atoms with Crippen molar-refractivity contribution in [3.8, 4) is 0 Å². The molecule has 3 heteroatoms. The summed E-state index contributed by atoms with van der Waals surface area (Å²) in [5, 5.41) is 1.05. The molecule has 1 radical (unpaired) electrons. The summed E-state index contributed by atoms with van der Waals surface area (Å²) in [6.45, 7) is 8.33. The van der Waals surface area contributed by atoms with Crippen molar-refractivity contribution in [2.45, 2.75) is 19.3 Å². The first kappa shape index (κ1) is 9.46. The van der Waals surface area contributed by atoms with Crippen LogP contribution in [0.4, 0.5) is 5.82 Å². The van der Waals surface area contributed by atoms with E-state index in [-0.39, 0.29) is 5.41 Å². The predicted octanol–water partition coefficient (Wildman–Crippen LogP) is 2.99. The van der Waals surface area contributed by atoms with Crippen LogP contribution in [0, 0.1) is 6.92 Å². The Labute approximate surface area is 87.9 Å². The zero-order valence-electron chi connectivity index (χ0n) is 8.37. The molecule has 0 saturated heterocycles. The predicted molar refractivity (Wildman–Crippen MR) is 62.4 cm³/mol. The number of benzene rings is 1. The average molecular weight is 205 g/mol. The number of nitrogen functional groups attached to an aromatic ring is 1. The van der Waals surface area contributed by atoms with Crippen LogP contribution in [0.25, 0.3) is 10.1 Å². The molecule has 0 amide bonds. The third-order valence-corrected chi connectivity index (χ3v) is 3.17. The van der Waals surface area contributed by atoms with Crippen LogP contribution in [0.3, 0.4) is 0 Å². The Kier molecular flexibility index (Phi) is 2.00. The van der Waals surface area contributed by atoms with Crippen LogP contribution in [0.2, 0.25) is 0 Å². The smallest absolute Gasteiger partial charge is 0.144 e. The molecule has 0 unspecified atom stereocenters. The van der Waals surface area contributed by atoms with Gasteiger partial charge in [-0.05, 0) is 35.5 Å². The summed E-state index contributed by atoms with van der Waals surface area (Å²) in [4.78, 5) is 0. The quantitative estimate of drug-likeness (QED) is 0.777. The van der Waals surface area contributed by atoms with Crippen molar-refractivity contribution in [1.82, 2.24) is 4.37 Å². The number of anilines is 1. The van der Waals surface area contributed by atoms with Crippen LogP contribution < -0.4 is 5.73 Å². The number of hydrogen-bond donors (Lipinski definition) is 1. The minimum atomic E-state index is -0.0987. The van der Waals surface area contributed by atoms with Gasteiger partial charge in [0.2, 0.25) is 0 Å². The minimum absolute atomic E-state index is 0.0987. The van der Waals surface area contributed by atoms with E-state index in [1.165, 1.54) is 17.1 Å². The average Bonchev–Trinajstić information content (AvgIpc) is 2.46. The number of hydrogen-bond acceptors (Lipinski definition) is 3. The van der Waals surface area contributed by atoms with Crippen molar-refractivity contribution < 1.29 is 0 Å². The summed E-state index contributed by atoms with van der Waals surface area (Å²) < 4.78 is 5.32. The first-order valence-corrected chi connectivity index (χ1v) is 5.27. The SMILES string of the molecule is [CH2]C(C)(C)c1cccc2c(N)nsc12. The van der Waals surface area contributed by atoms with Gasteiger partial charge in [0.1, 0.15) is 5.82 Å². The molecule has 0 aliphatic heterocycles. The molecule has 2 aromatic rings. The molecule has 2 nitrogen and oxygen atoms in total. The maximum absolute atomic E-state index is 5.77. The molecule has 1 aromatic heterocycles. The van der Waals surface area contributed by atoms with Crippen molar-refractivity contribution in [2.75, 3.05) is 5.73 Å². The lowest BCUT2D eigenvalue weighted by atomic mass is 9.86. The molecule has 0 fully saturated rings. The van der Waals surface area contributed by atoms with E-state index in [0.717, 1.165) is 10.1 Å². The van der Waals surface area contributed by atoms with E-state index < -0.39 is 0 Å². The number of rotatable bonds is 1. The van der Waals surface area contributed by atoms with Crippen LogP contribution in [0.1, 0.15) is 19.4 Å². The molecule has 14 heavy (non-hydrogen) atoms. The molecule has 0 aliphatic carbocycles. The van der Waals surface area contributed by atoms with E-state index in [1.807, 2.05) is 12.1 Å². The highest BCUT2D eigenvalue weighted by Crippen LogP contribution is 2.34. The molecule has 73 valence electrons. The third kappa shape index (κ3) is 1.38. The summed E-state index contributed by atoms with van der Waals surface area (Å²) in [5.41, 5.74) is 6.88. The second-order valence-electron chi connectivity index (χ2n) is 4.13. The first-order chi connectivity index (χ1) is 6.50. The van der Waals surface area contributed by atoms with Crippen LogP contribution in [-0.4, -0.2) is 4.37 Å². The molecule has 0 spiro atoms. The van der Waals surface area contributed by atoms with E-state index in [4.69, 9.17) is 5.73 Å². The van der Waals surface area contributed by atoms with Crippen molar-refractivity contribution in [1.29, 1.82) is 0 Å².